The zero-order chi connectivity index (χ0) is 11.5. The molecule has 1 aromatic rings. The maximum atomic E-state index is 11.1. The minimum atomic E-state index is -0.289. The Balaban J connectivity index is 2.21. The lowest BCUT2D eigenvalue weighted by Gasteiger charge is -2.03. The van der Waals surface area contributed by atoms with Crippen molar-refractivity contribution < 1.29 is 9.53 Å². The number of ether oxygens (including phenoxy) is 1. The number of allylic oxidation sites excluding steroid dienone is 2. The number of rotatable bonds is 3. The van der Waals surface area contributed by atoms with E-state index in [0.717, 1.165) is 15.0 Å². The van der Waals surface area contributed by atoms with E-state index < -0.39 is 0 Å². The summed E-state index contributed by atoms with van der Waals surface area (Å²) in [5.74, 6) is 1.15. The molecule has 84 valence electrons. The number of Topliss-reactive ketones (excluding diaryl/α,β-unsaturated/α-hetero) is 1. The molecule has 0 aromatic heterocycles. The number of hydrogen-bond acceptors (Lipinski definition) is 2. The van der Waals surface area contributed by atoms with Gasteiger partial charge in [-0.15, -0.1) is 0 Å². The Hall–Kier alpha value is -0.970. The van der Waals surface area contributed by atoms with E-state index >= 15 is 0 Å². The average Bonchev–Trinajstić information content (AvgIpc) is 2.61. The van der Waals surface area contributed by atoms with Crippen LogP contribution >= 0.6 is 20.7 Å². The fourth-order valence-electron chi connectivity index (χ4n) is 1.44. The molecule has 0 atom stereocenters. The average molecular weight is 328 g/mol. The van der Waals surface area contributed by atoms with Crippen LogP contribution in [0.2, 0.25) is 0 Å². The van der Waals surface area contributed by atoms with Crippen LogP contribution in [-0.4, -0.2) is 9.48 Å². The second-order valence-electron chi connectivity index (χ2n) is 3.68. The Morgan fingerprint density at radius 2 is 2.00 bits per heavy atom. The fourth-order valence-corrected chi connectivity index (χ4v) is 4.36. The molecule has 0 saturated heterocycles. The zero-order valence-electron chi connectivity index (χ0n) is 9.29. The highest BCUT2D eigenvalue weighted by molar-refractivity contribution is 14.2. The van der Waals surface area contributed by atoms with Crippen LogP contribution in [0, 0.1) is 0 Å². The van der Waals surface area contributed by atoms with E-state index in [1.54, 1.807) is 6.92 Å². The maximum Gasteiger partial charge on any atom is 0.165 e. The third-order valence-corrected chi connectivity index (χ3v) is 5.35. The van der Waals surface area contributed by atoms with Gasteiger partial charge in [0, 0.05) is 15.6 Å². The molecule has 1 heterocycles. The molecule has 0 amide bonds. The van der Waals surface area contributed by atoms with Gasteiger partial charge in [-0.3, -0.25) is 4.79 Å². The van der Waals surface area contributed by atoms with E-state index in [0.29, 0.717) is 6.42 Å². The van der Waals surface area contributed by atoms with Crippen LogP contribution in [0.3, 0.4) is 0 Å². The van der Waals surface area contributed by atoms with Crippen LogP contribution in [0.5, 0.6) is 0 Å². The zero-order valence-corrected chi connectivity index (χ0v) is 11.4. The SMILES string of the molecule is CC(=O)CC1=C(C)OC(c2ccccc2)=I1. The van der Waals surface area contributed by atoms with E-state index in [1.165, 1.54) is 3.58 Å². The summed E-state index contributed by atoms with van der Waals surface area (Å²) in [5, 5.41) is 0. The second-order valence-corrected chi connectivity index (χ2v) is 6.50. The van der Waals surface area contributed by atoms with Crippen LogP contribution in [0.15, 0.2) is 39.7 Å². The molecule has 1 aliphatic rings. The van der Waals surface area contributed by atoms with Gasteiger partial charge in [0.15, 0.2) is 3.69 Å². The van der Waals surface area contributed by atoms with Gasteiger partial charge in [0.1, 0.15) is 11.5 Å². The maximum absolute atomic E-state index is 11.1. The molecule has 16 heavy (non-hydrogen) atoms. The summed E-state index contributed by atoms with van der Waals surface area (Å²) >= 11 is -0.289. The standard InChI is InChI=1S/C13H13IO2/c1-9(15)8-12-10(2)16-13(14-12)11-6-4-3-5-7-11/h3-7H,8H2,1-2H3. The largest absolute Gasteiger partial charge is 0.455 e. The van der Waals surface area contributed by atoms with Crippen molar-refractivity contribution in [3.05, 3.63) is 45.2 Å². The van der Waals surface area contributed by atoms with Crippen molar-refractivity contribution >= 4 is 30.2 Å². The third-order valence-electron chi connectivity index (χ3n) is 2.23. The summed E-state index contributed by atoms with van der Waals surface area (Å²) in [6.45, 7) is 3.58. The highest BCUT2D eigenvalue weighted by atomic mass is 127. The first-order chi connectivity index (χ1) is 7.66. The Labute approximate surface area is 105 Å². The van der Waals surface area contributed by atoms with E-state index in [9.17, 15) is 4.79 Å². The van der Waals surface area contributed by atoms with Crippen LogP contribution in [0.4, 0.5) is 0 Å². The summed E-state index contributed by atoms with van der Waals surface area (Å²) in [5.41, 5.74) is 1.15. The monoisotopic (exact) mass is 328 g/mol. The van der Waals surface area contributed by atoms with Crippen molar-refractivity contribution in [3.63, 3.8) is 0 Å². The molecule has 0 spiro atoms. The molecular formula is C13H13IO2. The fraction of sp³-hybridized carbons (Fsp3) is 0.231. The van der Waals surface area contributed by atoms with Gasteiger partial charge in [0.05, 0.1) is 0 Å². The molecule has 0 bridgehead atoms. The molecule has 3 heteroatoms. The first-order valence-electron chi connectivity index (χ1n) is 5.11. The molecule has 0 N–H and O–H groups in total. The number of carbonyl (C=O) groups is 1. The normalized spacial score (nSPS) is 15.2. The third kappa shape index (κ3) is 2.58. The Morgan fingerprint density at radius 1 is 1.31 bits per heavy atom. The summed E-state index contributed by atoms with van der Waals surface area (Å²) < 4.78 is 8.03. The van der Waals surface area contributed by atoms with Gasteiger partial charge in [0.25, 0.3) is 0 Å². The van der Waals surface area contributed by atoms with Gasteiger partial charge >= 0.3 is 0 Å². The Kier molecular flexibility index (Phi) is 3.53. The molecule has 0 saturated carbocycles. The summed E-state index contributed by atoms with van der Waals surface area (Å²) in [7, 11) is 0. The number of benzene rings is 1. The first kappa shape index (κ1) is 11.5. The second kappa shape index (κ2) is 4.91. The predicted molar refractivity (Wildman–Crippen MR) is 73.7 cm³/mol. The molecule has 1 aromatic carbocycles. The smallest absolute Gasteiger partial charge is 0.165 e. The van der Waals surface area contributed by atoms with E-state index in [1.807, 2.05) is 25.1 Å². The van der Waals surface area contributed by atoms with Crippen LogP contribution in [-0.2, 0) is 9.53 Å². The minimum Gasteiger partial charge on any atom is -0.455 e. The van der Waals surface area contributed by atoms with Crippen molar-refractivity contribution in [2.45, 2.75) is 20.3 Å². The van der Waals surface area contributed by atoms with Crippen LogP contribution in [0.25, 0.3) is 0 Å². The quantitative estimate of drug-likeness (QED) is 0.795. The van der Waals surface area contributed by atoms with Crippen molar-refractivity contribution in [2.75, 3.05) is 0 Å². The predicted octanol–water partition coefficient (Wildman–Crippen LogP) is 3.38. The van der Waals surface area contributed by atoms with Gasteiger partial charge < -0.3 is 4.74 Å². The van der Waals surface area contributed by atoms with Gasteiger partial charge in [-0.05, 0) is 34.6 Å². The lowest BCUT2D eigenvalue weighted by atomic mass is 10.2. The Bertz CT molecular complexity index is 472. The van der Waals surface area contributed by atoms with Crippen molar-refractivity contribution in [1.29, 1.82) is 0 Å². The van der Waals surface area contributed by atoms with Gasteiger partial charge in [-0.25, -0.2) is 0 Å². The summed E-state index contributed by atoms with van der Waals surface area (Å²) in [6.07, 6.45) is 0.551. The van der Waals surface area contributed by atoms with E-state index in [-0.39, 0.29) is 26.5 Å². The molecule has 0 fully saturated rings. The van der Waals surface area contributed by atoms with E-state index in [2.05, 4.69) is 12.1 Å². The molecule has 2 rings (SSSR count). The Morgan fingerprint density at radius 3 is 2.62 bits per heavy atom. The molecule has 0 radical (unpaired) electrons. The number of ketones is 1. The van der Waals surface area contributed by atoms with Gasteiger partial charge in [-0.2, -0.15) is 0 Å². The van der Waals surface area contributed by atoms with Crippen molar-refractivity contribution in [3.8, 4) is 0 Å². The number of carbonyl (C=O) groups excluding carboxylic acids is 1. The highest BCUT2D eigenvalue weighted by Gasteiger charge is 2.17. The highest BCUT2D eigenvalue weighted by Crippen LogP contribution is 2.34. The lowest BCUT2D eigenvalue weighted by molar-refractivity contribution is -0.116. The summed E-state index contributed by atoms with van der Waals surface area (Å²) in [6, 6.07) is 10.1. The molecule has 0 unspecified atom stereocenters. The lowest BCUT2D eigenvalue weighted by Crippen LogP contribution is -1.98. The van der Waals surface area contributed by atoms with Crippen molar-refractivity contribution in [2.24, 2.45) is 0 Å². The summed E-state index contributed by atoms with van der Waals surface area (Å²) in [4.78, 5) is 11.1. The molecule has 1 aliphatic heterocycles. The topological polar surface area (TPSA) is 26.3 Å². The first-order valence-corrected chi connectivity index (χ1v) is 7.27. The van der Waals surface area contributed by atoms with Crippen LogP contribution in [0.1, 0.15) is 25.8 Å². The van der Waals surface area contributed by atoms with Crippen molar-refractivity contribution in [1.82, 2.24) is 0 Å². The number of hydrogen-bond donors (Lipinski definition) is 0. The van der Waals surface area contributed by atoms with E-state index in [4.69, 9.17) is 4.74 Å². The minimum absolute atomic E-state index is 0.215. The van der Waals surface area contributed by atoms with Gasteiger partial charge in [-0.1, -0.05) is 30.3 Å². The molecule has 2 nitrogen and oxygen atoms in total. The van der Waals surface area contributed by atoms with Gasteiger partial charge in [0.2, 0.25) is 0 Å². The number of halogens is 1. The molecule has 0 aliphatic carbocycles. The van der Waals surface area contributed by atoms with Crippen LogP contribution < -0.4 is 0 Å². The molecular weight excluding hydrogens is 315 g/mol.